The molecule has 0 aliphatic rings. The van der Waals surface area contributed by atoms with E-state index in [-0.39, 0.29) is 17.0 Å². The highest BCUT2D eigenvalue weighted by molar-refractivity contribution is 5.82. The van der Waals surface area contributed by atoms with Crippen molar-refractivity contribution in [3.8, 4) is 0 Å². The van der Waals surface area contributed by atoms with Gasteiger partial charge in [-0.1, -0.05) is 0 Å². The molecule has 2 aromatic rings. The van der Waals surface area contributed by atoms with E-state index in [1.54, 1.807) is 0 Å². The summed E-state index contributed by atoms with van der Waals surface area (Å²) in [4.78, 5) is 45.5. The van der Waals surface area contributed by atoms with Crippen LogP contribution in [0.4, 0.5) is 0 Å². The molecule has 0 saturated carbocycles. The first-order valence-electron chi connectivity index (χ1n) is 4.87. The van der Waals surface area contributed by atoms with Crippen LogP contribution in [0, 0.1) is 0 Å². The summed E-state index contributed by atoms with van der Waals surface area (Å²) in [5, 5.41) is 17.6. The standard InChI is InChI=1S/C9H8N4O5/c14-4(15)1-3(9(17)18)6-12-7-5(8(16)13-6)10-2-11-7/h2-3H,1H2,(H,14,15)(H,17,18)(H2,10,11,12,13,16). The predicted molar refractivity (Wildman–Crippen MR) is 57.1 cm³/mol. The van der Waals surface area contributed by atoms with Crippen LogP contribution in [0.15, 0.2) is 11.1 Å². The van der Waals surface area contributed by atoms with Gasteiger partial charge in [0.1, 0.15) is 11.7 Å². The lowest BCUT2D eigenvalue weighted by Gasteiger charge is -2.08. The number of carbonyl (C=O) groups is 2. The lowest BCUT2D eigenvalue weighted by Crippen LogP contribution is -2.22. The first kappa shape index (κ1) is 11.8. The zero-order valence-corrected chi connectivity index (χ0v) is 8.88. The van der Waals surface area contributed by atoms with Gasteiger partial charge in [0.2, 0.25) is 0 Å². The molecule has 9 nitrogen and oxygen atoms in total. The van der Waals surface area contributed by atoms with Gasteiger partial charge < -0.3 is 20.2 Å². The number of carboxylic acids is 2. The Labute approximate surface area is 98.5 Å². The van der Waals surface area contributed by atoms with Gasteiger partial charge in [-0.2, -0.15) is 0 Å². The predicted octanol–water partition coefficient (Wildman–Crippen LogP) is -0.711. The number of H-pyrrole nitrogens is 2. The number of rotatable bonds is 4. The molecule has 94 valence electrons. The molecular weight excluding hydrogens is 244 g/mol. The first-order valence-corrected chi connectivity index (χ1v) is 4.87. The Morgan fingerprint density at radius 2 is 2.11 bits per heavy atom. The molecular formula is C9H8N4O5. The highest BCUT2D eigenvalue weighted by Crippen LogP contribution is 2.16. The smallest absolute Gasteiger partial charge is 0.314 e. The number of imidazole rings is 1. The second kappa shape index (κ2) is 4.28. The van der Waals surface area contributed by atoms with Crippen LogP contribution in [0.2, 0.25) is 0 Å². The Kier molecular flexibility index (Phi) is 2.80. The third-order valence-corrected chi connectivity index (χ3v) is 2.32. The number of aromatic amines is 2. The van der Waals surface area contributed by atoms with E-state index in [0.29, 0.717) is 0 Å². The van der Waals surface area contributed by atoms with Crippen LogP contribution < -0.4 is 5.56 Å². The molecule has 18 heavy (non-hydrogen) atoms. The van der Waals surface area contributed by atoms with E-state index in [0.717, 1.165) is 0 Å². The topological polar surface area (TPSA) is 149 Å². The SMILES string of the molecule is O=C(O)CC(C(=O)O)c1nc2nc[nH]c2c(=O)[nH]1. The monoisotopic (exact) mass is 252 g/mol. The van der Waals surface area contributed by atoms with E-state index >= 15 is 0 Å². The molecule has 0 saturated heterocycles. The van der Waals surface area contributed by atoms with Crippen LogP contribution in [0.3, 0.4) is 0 Å². The molecule has 4 N–H and O–H groups in total. The summed E-state index contributed by atoms with van der Waals surface area (Å²) in [7, 11) is 0. The Morgan fingerprint density at radius 1 is 1.39 bits per heavy atom. The molecule has 0 spiro atoms. The van der Waals surface area contributed by atoms with Crippen molar-refractivity contribution in [1.29, 1.82) is 0 Å². The Balaban J connectivity index is 2.53. The fourth-order valence-corrected chi connectivity index (χ4v) is 1.50. The maximum Gasteiger partial charge on any atom is 0.314 e. The maximum atomic E-state index is 11.6. The van der Waals surface area contributed by atoms with Crippen molar-refractivity contribution in [3.05, 3.63) is 22.5 Å². The average Bonchev–Trinajstić information content (AvgIpc) is 2.73. The van der Waals surface area contributed by atoms with Crippen molar-refractivity contribution in [3.63, 3.8) is 0 Å². The Morgan fingerprint density at radius 3 is 2.72 bits per heavy atom. The molecule has 1 unspecified atom stereocenters. The molecule has 0 aliphatic heterocycles. The van der Waals surface area contributed by atoms with Crippen LogP contribution in [0.25, 0.3) is 11.2 Å². The van der Waals surface area contributed by atoms with Gasteiger partial charge in [-0.25, -0.2) is 9.97 Å². The van der Waals surface area contributed by atoms with Crippen molar-refractivity contribution in [2.75, 3.05) is 0 Å². The zero-order valence-electron chi connectivity index (χ0n) is 8.88. The van der Waals surface area contributed by atoms with Gasteiger partial charge in [-0.15, -0.1) is 0 Å². The minimum absolute atomic E-state index is 0.0467. The minimum atomic E-state index is -1.42. The number of aliphatic carboxylic acids is 2. The minimum Gasteiger partial charge on any atom is -0.481 e. The summed E-state index contributed by atoms with van der Waals surface area (Å²) in [5.74, 6) is -4.33. The summed E-state index contributed by atoms with van der Waals surface area (Å²) in [6.45, 7) is 0. The summed E-state index contributed by atoms with van der Waals surface area (Å²) in [5.41, 5.74) is -0.437. The molecule has 0 aromatic carbocycles. The van der Waals surface area contributed by atoms with Gasteiger partial charge in [-0.05, 0) is 0 Å². The third-order valence-electron chi connectivity index (χ3n) is 2.32. The molecule has 2 rings (SSSR count). The van der Waals surface area contributed by atoms with E-state index in [9.17, 15) is 14.4 Å². The zero-order chi connectivity index (χ0) is 13.3. The quantitative estimate of drug-likeness (QED) is 0.561. The second-order valence-corrected chi connectivity index (χ2v) is 3.54. The summed E-state index contributed by atoms with van der Waals surface area (Å²) in [6, 6.07) is 0. The lowest BCUT2D eigenvalue weighted by molar-refractivity contribution is -0.145. The lowest BCUT2D eigenvalue weighted by atomic mass is 10.1. The molecule has 0 radical (unpaired) electrons. The number of aromatic nitrogens is 4. The van der Waals surface area contributed by atoms with E-state index in [1.807, 2.05) is 0 Å². The number of carboxylic acid groups (broad SMARTS) is 2. The third kappa shape index (κ3) is 2.05. The van der Waals surface area contributed by atoms with E-state index in [4.69, 9.17) is 10.2 Å². The molecule has 0 amide bonds. The van der Waals surface area contributed by atoms with E-state index in [2.05, 4.69) is 19.9 Å². The maximum absolute atomic E-state index is 11.6. The second-order valence-electron chi connectivity index (χ2n) is 3.54. The highest BCUT2D eigenvalue weighted by Gasteiger charge is 2.26. The number of hydrogen-bond acceptors (Lipinski definition) is 5. The summed E-state index contributed by atoms with van der Waals surface area (Å²) < 4.78 is 0. The van der Waals surface area contributed by atoms with Gasteiger partial charge in [0.15, 0.2) is 11.2 Å². The van der Waals surface area contributed by atoms with Crippen molar-refractivity contribution < 1.29 is 19.8 Å². The highest BCUT2D eigenvalue weighted by atomic mass is 16.4. The summed E-state index contributed by atoms with van der Waals surface area (Å²) in [6.07, 6.45) is 0.567. The first-order chi connectivity index (χ1) is 8.49. The fourth-order valence-electron chi connectivity index (χ4n) is 1.50. The van der Waals surface area contributed by atoms with Crippen LogP contribution in [-0.4, -0.2) is 42.1 Å². The van der Waals surface area contributed by atoms with Crippen molar-refractivity contribution in [1.82, 2.24) is 19.9 Å². The Hall–Kier alpha value is -2.71. The van der Waals surface area contributed by atoms with Gasteiger partial charge in [0, 0.05) is 0 Å². The van der Waals surface area contributed by atoms with Gasteiger partial charge in [0.05, 0.1) is 12.7 Å². The molecule has 1 atom stereocenters. The van der Waals surface area contributed by atoms with Gasteiger partial charge in [-0.3, -0.25) is 14.4 Å². The van der Waals surface area contributed by atoms with Crippen molar-refractivity contribution in [2.45, 2.75) is 12.3 Å². The number of nitrogens with one attached hydrogen (secondary N) is 2. The molecule has 2 heterocycles. The normalized spacial score (nSPS) is 12.4. The van der Waals surface area contributed by atoms with Gasteiger partial charge in [0.25, 0.3) is 5.56 Å². The molecule has 0 aliphatic carbocycles. The van der Waals surface area contributed by atoms with Crippen LogP contribution in [-0.2, 0) is 9.59 Å². The number of hydrogen-bond donors (Lipinski definition) is 4. The fraction of sp³-hybridized carbons (Fsp3) is 0.222. The van der Waals surface area contributed by atoms with Crippen LogP contribution in [0.1, 0.15) is 18.2 Å². The molecule has 9 heteroatoms. The summed E-state index contributed by atoms with van der Waals surface area (Å²) >= 11 is 0. The number of nitrogens with zero attached hydrogens (tertiary/aromatic N) is 2. The van der Waals surface area contributed by atoms with Crippen molar-refractivity contribution in [2.24, 2.45) is 0 Å². The van der Waals surface area contributed by atoms with Crippen LogP contribution in [0.5, 0.6) is 0 Å². The molecule has 2 aromatic heterocycles. The Bertz CT molecular complexity index is 673. The molecule has 0 fully saturated rings. The molecule has 0 bridgehead atoms. The van der Waals surface area contributed by atoms with Gasteiger partial charge >= 0.3 is 11.9 Å². The van der Waals surface area contributed by atoms with E-state index < -0.39 is 29.8 Å². The largest absolute Gasteiger partial charge is 0.481 e. The average molecular weight is 252 g/mol. The van der Waals surface area contributed by atoms with E-state index in [1.165, 1.54) is 6.33 Å². The number of fused-ring (bicyclic) bond motifs is 1. The van der Waals surface area contributed by atoms with Crippen LogP contribution >= 0.6 is 0 Å². The van der Waals surface area contributed by atoms with Crippen molar-refractivity contribution >= 4 is 23.1 Å².